The second kappa shape index (κ2) is 8.18. The first-order valence-electron chi connectivity index (χ1n) is 8.21. The molecule has 0 radical (unpaired) electrons. The zero-order valence-corrected chi connectivity index (χ0v) is 14.6. The molecule has 1 saturated heterocycles. The van der Waals surface area contributed by atoms with Gasteiger partial charge in [0.05, 0.1) is 25.0 Å². The van der Waals surface area contributed by atoms with Crippen LogP contribution in [0.1, 0.15) is 18.9 Å². The van der Waals surface area contributed by atoms with Crippen molar-refractivity contribution in [2.45, 2.75) is 24.9 Å². The van der Waals surface area contributed by atoms with Crippen LogP contribution in [-0.2, 0) is 11.2 Å². The Bertz CT molecular complexity index is 718. The van der Waals surface area contributed by atoms with Crippen molar-refractivity contribution in [2.24, 2.45) is 0 Å². The molecule has 0 amide bonds. The molecule has 1 aromatic carbocycles. The molecule has 7 heteroatoms. The number of rotatable bonds is 6. The predicted octanol–water partition coefficient (Wildman–Crippen LogP) is 2.67. The Morgan fingerprint density at radius 3 is 2.79 bits per heavy atom. The monoisotopic (exact) mass is 343 g/mol. The Balaban J connectivity index is 2.01. The van der Waals surface area contributed by atoms with Gasteiger partial charge < -0.3 is 9.64 Å². The fourth-order valence-electron chi connectivity index (χ4n) is 2.75. The predicted molar refractivity (Wildman–Crippen MR) is 94.7 cm³/mol. The molecular weight excluding hydrogens is 322 g/mol. The van der Waals surface area contributed by atoms with Gasteiger partial charge >= 0.3 is 0 Å². The molecule has 1 aliphatic rings. The van der Waals surface area contributed by atoms with E-state index in [9.17, 15) is 0 Å². The molecule has 0 N–H and O–H groups in total. The van der Waals surface area contributed by atoms with Crippen molar-refractivity contribution in [3.05, 3.63) is 29.8 Å². The summed E-state index contributed by atoms with van der Waals surface area (Å²) in [5.74, 6) is 1.57. The van der Waals surface area contributed by atoms with Crippen LogP contribution < -0.4 is 4.90 Å². The number of hydrogen-bond donors (Lipinski definition) is 0. The van der Waals surface area contributed by atoms with Crippen LogP contribution in [0.25, 0.3) is 5.69 Å². The maximum Gasteiger partial charge on any atom is 0.232 e. The summed E-state index contributed by atoms with van der Waals surface area (Å²) in [4.78, 5) is 2.22. The average Bonchev–Trinajstić information content (AvgIpc) is 3.06. The van der Waals surface area contributed by atoms with E-state index in [1.807, 2.05) is 6.07 Å². The van der Waals surface area contributed by atoms with Crippen LogP contribution in [0.5, 0.6) is 0 Å². The van der Waals surface area contributed by atoms with E-state index in [-0.39, 0.29) is 0 Å². The fourth-order valence-corrected chi connectivity index (χ4v) is 3.53. The second-order valence-electron chi connectivity index (χ2n) is 5.46. The molecule has 2 heterocycles. The zero-order valence-electron chi connectivity index (χ0n) is 13.8. The molecule has 3 rings (SSSR count). The van der Waals surface area contributed by atoms with Gasteiger partial charge in [0.25, 0.3) is 0 Å². The number of anilines is 1. The maximum absolute atomic E-state index is 8.79. The number of thioether (sulfide) groups is 1. The number of nitrogens with zero attached hydrogens (tertiary/aromatic N) is 5. The van der Waals surface area contributed by atoms with Crippen LogP contribution in [0, 0.1) is 11.3 Å². The van der Waals surface area contributed by atoms with Crippen LogP contribution in [0.4, 0.5) is 5.95 Å². The Hall–Kier alpha value is -2.04. The quantitative estimate of drug-likeness (QED) is 0.593. The highest BCUT2D eigenvalue weighted by molar-refractivity contribution is 7.99. The van der Waals surface area contributed by atoms with Crippen LogP contribution in [0.15, 0.2) is 29.4 Å². The van der Waals surface area contributed by atoms with Crippen molar-refractivity contribution in [1.82, 2.24) is 14.8 Å². The summed E-state index contributed by atoms with van der Waals surface area (Å²) >= 11 is 1.58. The Morgan fingerprint density at radius 2 is 2.04 bits per heavy atom. The summed E-state index contributed by atoms with van der Waals surface area (Å²) in [6, 6.07) is 10.5. The minimum Gasteiger partial charge on any atom is -0.378 e. The molecule has 1 aromatic heterocycles. The van der Waals surface area contributed by atoms with Gasteiger partial charge in [-0.3, -0.25) is 4.57 Å². The minimum absolute atomic E-state index is 0.500. The van der Waals surface area contributed by atoms with E-state index in [1.54, 1.807) is 11.8 Å². The van der Waals surface area contributed by atoms with Gasteiger partial charge in [-0.15, -0.1) is 10.2 Å². The van der Waals surface area contributed by atoms with E-state index < -0.39 is 0 Å². The number of morpholine rings is 1. The van der Waals surface area contributed by atoms with E-state index in [0.717, 1.165) is 36.3 Å². The summed E-state index contributed by atoms with van der Waals surface area (Å²) in [7, 11) is 0. The van der Waals surface area contributed by atoms with Crippen molar-refractivity contribution in [1.29, 1.82) is 5.26 Å². The molecule has 0 aliphatic carbocycles. The molecule has 0 spiro atoms. The van der Waals surface area contributed by atoms with Gasteiger partial charge in [-0.05, 0) is 18.1 Å². The van der Waals surface area contributed by atoms with E-state index in [4.69, 9.17) is 10.00 Å². The van der Waals surface area contributed by atoms with Gasteiger partial charge in [0.2, 0.25) is 5.95 Å². The summed E-state index contributed by atoms with van der Waals surface area (Å²) in [6.45, 7) is 5.20. The summed E-state index contributed by atoms with van der Waals surface area (Å²) < 4.78 is 7.59. The fraction of sp³-hybridized carbons (Fsp3) is 0.471. The van der Waals surface area contributed by atoms with Crippen molar-refractivity contribution in [3.63, 3.8) is 0 Å². The molecule has 126 valence electrons. The van der Waals surface area contributed by atoms with Crippen LogP contribution in [0.2, 0.25) is 0 Å². The van der Waals surface area contributed by atoms with Gasteiger partial charge in [0.1, 0.15) is 0 Å². The third-order valence-electron chi connectivity index (χ3n) is 3.97. The molecular formula is C17H21N5OS. The Kier molecular flexibility index (Phi) is 5.72. The van der Waals surface area contributed by atoms with E-state index in [1.165, 1.54) is 5.56 Å². The molecule has 0 bridgehead atoms. The molecule has 2 aromatic rings. The maximum atomic E-state index is 8.79. The highest BCUT2D eigenvalue weighted by atomic mass is 32.2. The summed E-state index contributed by atoms with van der Waals surface area (Å²) in [6.07, 6.45) is 1.44. The number of aryl methyl sites for hydroxylation is 1. The lowest BCUT2D eigenvalue weighted by Crippen LogP contribution is -2.38. The normalized spacial score (nSPS) is 14.6. The first-order valence-corrected chi connectivity index (χ1v) is 9.20. The number of benzene rings is 1. The number of nitriles is 1. The molecule has 0 saturated carbocycles. The topological polar surface area (TPSA) is 67.0 Å². The smallest absolute Gasteiger partial charge is 0.232 e. The zero-order chi connectivity index (χ0) is 16.8. The number of hydrogen-bond acceptors (Lipinski definition) is 6. The third kappa shape index (κ3) is 3.55. The molecule has 24 heavy (non-hydrogen) atoms. The number of para-hydroxylation sites is 1. The highest BCUT2D eigenvalue weighted by Gasteiger charge is 2.22. The summed E-state index contributed by atoms with van der Waals surface area (Å²) in [5.41, 5.74) is 2.37. The van der Waals surface area contributed by atoms with E-state index in [0.29, 0.717) is 25.4 Å². The van der Waals surface area contributed by atoms with Gasteiger partial charge in [0, 0.05) is 25.3 Å². The molecule has 1 fully saturated rings. The largest absolute Gasteiger partial charge is 0.378 e. The SMILES string of the molecule is CCc1ccccc1-n1c(SCCC#N)nnc1N1CCOCC1. The van der Waals surface area contributed by atoms with Gasteiger partial charge in [0.15, 0.2) is 5.16 Å². The third-order valence-corrected chi connectivity index (χ3v) is 4.90. The second-order valence-corrected chi connectivity index (χ2v) is 6.52. The van der Waals surface area contributed by atoms with Crippen LogP contribution in [-0.4, -0.2) is 46.8 Å². The van der Waals surface area contributed by atoms with E-state index in [2.05, 4.69) is 50.9 Å². The highest BCUT2D eigenvalue weighted by Crippen LogP contribution is 2.29. The molecule has 0 atom stereocenters. The molecule has 1 aliphatic heterocycles. The lowest BCUT2D eigenvalue weighted by molar-refractivity contribution is 0.122. The van der Waals surface area contributed by atoms with Gasteiger partial charge in [-0.2, -0.15) is 5.26 Å². The average molecular weight is 343 g/mol. The van der Waals surface area contributed by atoms with Crippen molar-refractivity contribution >= 4 is 17.7 Å². The van der Waals surface area contributed by atoms with Crippen molar-refractivity contribution in [2.75, 3.05) is 37.0 Å². The summed E-state index contributed by atoms with van der Waals surface area (Å²) in [5, 5.41) is 18.5. The minimum atomic E-state index is 0.500. The lowest BCUT2D eigenvalue weighted by atomic mass is 10.1. The standard InChI is InChI=1S/C17H21N5OS/c1-2-14-6-3-4-7-15(14)22-16(21-9-11-23-12-10-21)19-20-17(22)24-13-5-8-18/h3-4,6-7H,2,5,9-13H2,1H3. The molecule has 0 unspecified atom stereocenters. The number of aromatic nitrogens is 3. The van der Waals surface area contributed by atoms with Crippen LogP contribution in [0.3, 0.4) is 0 Å². The lowest BCUT2D eigenvalue weighted by Gasteiger charge is -2.28. The van der Waals surface area contributed by atoms with Gasteiger partial charge in [-0.1, -0.05) is 36.9 Å². The van der Waals surface area contributed by atoms with Gasteiger partial charge in [-0.25, -0.2) is 0 Å². The Morgan fingerprint density at radius 1 is 1.25 bits per heavy atom. The van der Waals surface area contributed by atoms with Crippen molar-refractivity contribution < 1.29 is 4.74 Å². The van der Waals surface area contributed by atoms with E-state index >= 15 is 0 Å². The van der Waals surface area contributed by atoms with Crippen molar-refractivity contribution in [3.8, 4) is 11.8 Å². The molecule has 6 nitrogen and oxygen atoms in total. The number of ether oxygens (including phenoxy) is 1. The Labute approximate surface area is 146 Å². The first-order chi connectivity index (χ1) is 11.8. The van der Waals surface area contributed by atoms with Crippen LogP contribution >= 0.6 is 11.8 Å². The first kappa shape index (κ1) is 16.8.